The second kappa shape index (κ2) is 2.41. The van der Waals surface area contributed by atoms with E-state index in [1.807, 2.05) is 0 Å². The summed E-state index contributed by atoms with van der Waals surface area (Å²) < 4.78 is 28.6. The summed E-state index contributed by atoms with van der Waals surface area (Å²) in [6, 6.07) is 0. The maximum Gasteiger partial charge on any atom is 0.364 e. The summed E-state index contributed by atoms with van der Waals surface area (Å²) in [5, 5.41) is -0.0625. The van der Waals surface area contributed by atoms with Gasteiger partial charge in [-0.3, -0.25) is 4.57 Å². The van der Waals surface area contributed by atoms with Crippen LogP contribution in [-0.4, -0.2) is 23.3 Å². The molecule has 7 heteroatoms. The lowest BCUT2D eigenvalue weighted by molar-refractivity contribution is 0.393. The molecule has 5 nitrogen and oxygen atoms in total. The van der Waals surface area contributed by atoms with Gasteiger partial charge in [-0.15, -0.1) is 0 Å². The van der Waals surface area contributed by atoms with E-state index < -0.39 is 17.9 Å². The second-order valence-corrected chi connectivity index (χ2v) is 3.50. The van der Waals surface area contributed by atoms with E-state index in [9.17, 15) is 13.0 Å². The number of rotatable bonds is 1. The van der Waals surface area contributed by atoms with Crippen molar-refractivity contribution < 1.29 is 22.8 Å². The van der Waals surface area contributed by atoms with Gasteiger partial charge in [-0.25, -0.2) is 0 Å². The van der Waals surface area contributed by atoms with Crippen molar-refractivity contribution in [3.63, 3.8) is 0 Å². The SMILES string of the molecule is O=S(=O)=CP(=O)(O)O. The van der Waals surface area contributed by atoms with Crippen molar-refractivity contribution in [3.8, 4) is 0 Å². The Bertz CT molecular complexity index is 221. The van der Waals surface area contributed by atoms with Crippen LogP contribution in [0.1, 0.15) is 0 Å². The molecule has 0 aliphatic carbocycles. The third-order valence-corrected chi connectivity index (χ3v) is 2.01. The molecule has 48 valence electrons. The highest BCUT2D eigenvalue weighted by Crippen LogP contribution is 2.28. The van der Waals surface area contributed by atoms with E-state index >= 15 is 0 Å². The monoisotopic (exact) mass is 158 g/mol. The van der Waals surface area contributed by atoms with Gasteiger partial charge in [-0.05, 0) is 0 Å². The molecule has 0 saturated heterocycles. The molecule has 0 aromatic rings. The largest absolute Gasteiger partial charge is 0.364 e. The molecular formula is CH3O5PS. The summed E-state index contributed by atoms with van der Waals surface area (Å²) >= 11 is 0. The van der Waals surface area contributed by atoms with E-state index in [2.05, 4.69) is 0 Å². The van der Waals surface area contributed by atoms with E-state index in [1.165, 1.54) is 0 Å². The van der Waals surface area contributed by atoms with Gasteiger partial charge in [0.1, 0.15) is 5.11 Å². The van der Waals surface area contributed by atoms with E-state index in [0.717, 1.165) is 0 Å². The Morgan fingerprint density at radius 3 is 1.75 bits per heavy atom. The first-order valence-corrected chi connectivity index (χ1v) is 4.23. The standard InChI is InChI=1S/CH3O5PS/c2-7(3,4)1-8(5)6/h1H,(H2,2,3,4). The van der Waals surface area contributed by atoms with Gasteiger partial charge >= 0.3 is 7.60 Å². The highest BCUT2D eigenvalue weighted by atomic mass is 32.2. The van der Waals surface area contributed by atoms with Crippen LogP contribution in [0.5, 0.6) is 0 Å². The quantitative estimate of drug-likeness (QED) is 0.369. The number of hydrogen-bond acceptors (Lipinski definition) is 3. The molecule has 0 amide bonds. The molecule has 0 aliphatic heterocycles. The lowest BCUT2D eigenvalue weighted by atomic mass is 11.9. The molecule has 0 aromatic heterocycles. The lowest BCUT2D eigenvalue weighted by Gasteiger charge is -1.85. The van der Waals surface area contributed by atoms with Gasteiger partial charge in [0.15, 0.2) is 0 Å². The van der Waals surface area contributed by atoms with Crippen LogP contribution in [0.2, 0.25) is 0 Å². The number of hydrogen-bond donors (Lipinski definition) is 2. The summed E-state index contributed by atoms with van der Waals surface area (Å²) in [5.41, 5.74) is 0. The average molecular weight is 158 g/mol. The molecule has 0 bridgehead atoms. The van der Waals surface area contributed by atoms with Crippen LogP contribution in [-0.2, 0) is 14.9 Å². The fourth-order valence-electron chi connectivity index (χ4n) is 0.112. The van der Waals surface area contributed by atoms with Crippen LogP contribution in [0.15, 0.2) is 0 Å². The summed E-state index contributed by atoms with van der Waals surface area (Å²) in [7, 11) is -7.23. The van der Waals surface area contributed by atoms with Gasteiger partial charge in [-0.2, -0.15) is 8.42 Å². The molecular weight excluding hydrogens is 155 g/mol. The lowest BCUT2D eigenvalue weighted by Crippen LogP contribution is -1.77. The first kappa shape index (κ1) is 7.84. The molecule has 0 spiro atoms. The highest BCUT2D eigenvalue weighted by molar-refractivity contribution is 7.90. The van der Waals surface area contributed by atoms with Crippen molar-refractivity contribution in [2.24, 2.45) is 0 Å². The molecule has 8 heavy (non-hydrogen) atoms. The third-order valence-electron chi connectivity index (χ3n) is 0.223. The van der Waals surface area contributed by atoms with Gasteiger partial charge in [0.25, 0.3) is 0 Å². The Morgan fingerprint density at radius 2 is 1.75 bits per heavy atom. The van der Waals surface area contributed by atoms with Gasteiger partial charge in [0, 0.05) is 0 Å². The minimum atomic E-state index is -4.46. The van der Waals surface area contributed by atoms with E-state index in [-0.39, 0.29) is 5.11 Å². The van der Waals surface area contributed by atoms with Gasteiger partial charge in [-0.1, -0.05) is 0 Å². The van der Waals surface area contributed by atoms with Crippen molar-refractivity contribution in [1.29, 1.82) is 0 Å². The summed E-state index contributed by atoms with van der Waals surface area (Å²) in [5.74, 6) is 0. The van der Waals surface area contributed by atoms with Crippen molar-refractivity contribution in [2.75, 3.05) is 0 Å². The zero-order valence-corrected chi connectivity index (χ0v) is 5.26. The van der Waals surface area contributed by atoms with Crippen LogP contribution in [0.4, 0.5) is 0 Å². The van der Waals surface area contributed by atoms with Crippen molar-refractivity contribution in [1.82, 2.24) is 0 Å². The first-order valence-electron chi connectivity index (χ1n) is 1.41. The molecule has 0 radical (unpaired) electrons. The molecule has 0 unspecified atom stereocenters. The molecule has 2 N–H and O–H groups in total. The maximum atomic E-state index is 9.69. The zero-order valence-electron chi connectivity index (χ0n) is 3.55. The van der Waals surface area contributed by atoms with Crippen LogP contribution >= 0.6 is 7.60 Å². The predicted octanol–water partition coefficient (Wildman–Crippen LogP) is -1.20. The van der Waals surface area contributed by atoms with Gasteiger partial charge < -0.3 is 9.79 Å². The average Bonchev–Trinajstić information content (AvgIpc) is 1.21. The summed E-state index contributed by atoms with van der Waals surface area (Å²) in [6.07, 6.45) is 0. The Morgan fingerprint density at radius 1 is 1.38 bits per heavy atom. The fraction of sp³-hybridized carbons (Fsp3) is 0. The van der Waals surface area contributed by atoms with Crippen LogP contribution in [0.3, 0.4) is 0 Å². The summed E-state index contributed by atoms with van der Waals surface area (Å²) in [6.45, 7) is 0. The molecule has 0 aromatic carbocycles. The van der Waals surface area contributed by atoms with E-state index in [0.29, 0.717) is 0 Å². The van der Waals surface area contributed by atoms with E-state index in [4.69, 9.17) is 9.79 Å². The minimum Gasteiger partial charge on any atom is -0.321 e. The predicted molar refractivity (Wildman–Crippen MR) is 27.0 cm³/mol. The Kier molecular flexibility index (Phi) is 2.36. The Labute approximate surface area is 46.7 Å². The molecule has 0 aliphatic rings. The maximum absolute atomic E-state index is 9.69. The van der Waals surface area contributed by atoms with E-state index in [1.54, 1.807) is 0 Å². The molecule has 0 rings (SSSR count). The molecule has 0 saturated carbocycles. The Balaban J connectivity index is 4.62. The molecule has 0 heterocycles. The zero-order chi connectivity index (χ0) is 6.78. The summed E-state index contributed by atoms with van der Waals surface area (Å²) in [4.78, 5) is 15.7. The molecule has 0 atom stereocenters. The van der Waals surface area contributed by atoms with Crippen molar-refractivity contribution in [2.45, 2.75) is 0 Å². The van der Waals surface area contributed by atoms with Crippen LogP contribution in [0.25, 0.3) is 0 Å². The van der Waals surface area contributed by atoms with Gasteiger partial charge in [0.2, 0.25) is 10.3 Å². The second-order valence-electron chi connectivity index (χ2n) is 0.955. The third kappa shape index (κ3) is 5.84. The van der Waals surface area contributed by atoms with Gasteiger partial charge in [0.05, 0.1) is 0 Å². The smallest absolute Gasteiger partial charge is 0.321 e. The normalized spacial score (nSPS) is 10.8. The fourth-order valence-corrected chi connectivity index (χ4v) is 1.01. The molecule has 0 fully saturated rings. The Hall–Kier alpha value is -0.160. The van der Waals surface area contributed by atoms with Crippen LogP contribution in [0, 0.1) is 0 Å². The first-order chi connectivity index (χ1) is 3.42. The highest BCUT2D eigenvalue weighted by Gasteiger charge is 2.06. The van der Waals surface area contributed by atoms with Crippen molar-refractivity contribution in [3.05, 3.63) is 0 Å². The minimum absolute atomic E-state index is 0.0625. The topological polar surface area (TPSA) is 91.7 Å². The van der Waals surface area contributed by atoms with Crippen molar-refractivity contribution >= 4 is 23.0 Å². The van der Waals surface area contributed by atoms with Crippen LogP contribution < -0.4 is 0 Å².